The van der Waals surface area contributed by atoms with Crippen molar-refractivity contribution in [3.05, 3.63) is 249 Å². The van der Waals surface area contributed by atoms with Gasteiger partial charge in [-0.05, 0) is 104 Å². The number of aromatic nitrogens is 5. The molecule has 0 unspecified atom stereocenters. The molecule has 5 heteroatoms. The third-order valence-electron chi connectivity index (χ3n) is 13.9. The van der Waals surface area contributed by atoms with Crippen molar-refractivity contribution in [3.8, 4) is 67.8 Å². The maximum absolute atomic E-state index is 5.47. The average Bonchev–Trinajstić information content (AvgIpc) is 3.95. The van der Waals surface area contributed by atoms with Crippen molar-refractivity contribution in [3.63, 3.8) is 0 Å². The normalized spacial score (nSPS) is 11.7. The summed E-state index contributed by atoms with van der Waals surface area (Å²) in [5.74, 6) is 1.80. The summed E-state index contributed by atoms with van der Waals surface area (Å²) in [6.07, 6.45) is 0. The largest absolute Gasteiger partial charge is 0.309 e. The molecule has 5 nitrogen and oxygen atoms in total. The molecular formula is C65H41N5. The predicted molar refractivity (Wildman–Crippen MR) is 291 cm³/mol. The molecule has 0 amide bonds. The molecule has 0 saturated carbocycles. The van der Waals surface area contributed by atoms with Crippen LogP contribution in [0, 0.1) is 0 Å². The first-order valence-electron chi connectivity index (χ1n) is 23.8. The molecule has 0 N–H and O–H groups in total. The molecule has 14 aromatic rings. The van der Waals surface area contributed by atoms with Crippen LogP contribution in [-0.4, -0.2) is 24.1 Å². The Kier molecular flexibility index (Phi) is 9.14. The van der Waals surface area contributed by atoms with Crippen LogP contribution in [0.25, 0.3) is 133 Å². The molecule has 0 spiro atoms. The first kappa shape index (κ1) is 39.7. The van der Waals surface area contributed by atoms with Gasteiger partial charge >= 0.3 is 0 Å². The Hall–Kier alpha value is -9.45. The van der Waals surface area contributed by atoms with Gasteiger partial charge in [0.1, 0.15) is 0 Å². The number of hydrogen-bond acceptors (Lipinski definition) is 3. The SMILES string of the molecule is c1ccc(-c2nc(-c3ccc4c5ccccc5n(-c5ccccc5)c4c3)nc(-c3ccc(-n4c5cc6ccccc6cc5c5c6ccccc6ccc54)cc3-c3ccccc3-c3ccccc3)n2)cc1. The smallest absolute Gasteiger partial charge is 0.164 e. The second-order valence-corrected chi connectivity index (χ2v) is 18.0. The van der Waals surface area contributed by atoms with Gasteiger partial charge in [0.2, 0.25) is 0 Å². The van der Waals surface area contributed by atoms with Gasteiger partial charge < -0.3 is 9.13 Å². The Balaban J connectivity index is 1.04. The molecular weight excluding hydrogens is 851 g/mol. The summed E-state index contributed by atoms with van der Waals surface area (Å²) in [6.45, 7) is 0. The van der Waals surface area contributed by atoms with Gasteiger partial charge in [-0.3, -0.25) is 0 Å². The van der Waals surface area contributed by atoms with Gasteiger partial charge in [-0.15, -0.1) is 0 Å². The second-order valence-electron chi connectivity index (χ2n) is 18.0. The highest BCUT2D eigenvalue weighted by atomic mass is 15.0. The van der Waals surface area contributed by atoms with Gasteiger partial charge in [-0.1, -0.05) is 188 Å². The van der Waals surface area contributed by atoms with E-state index in [9.17, 15) is 0 Å². The molecule has 0 saturated heterocycles. The lowest BCUT2D eigenvalue weighted by molar-refractivity contribution is 1.07. The molecule has 0 atom stereocenters. The van der Waals surface area contributed by atoms with E-state index in [0.29, 0.717) is 17.5 Å². The van der Waals surface area contributed by atoms with Crippen molar-refractivity contribution >= 4 is 65.2 Å². The Morgan fingerprint density at radius 3 is 1.60 bits per heavy atom. The van der Waals surface area contributed by atoms with Crippen LogP contribution >= 0.6 is 0 Å². The lowest BCUT2D eigenvalue weighted by atomic mass is 9.91. The van der Waals surface area contributed by atoms with Crippen LogP contribution in [0.3, 0.4) is 0 Å². The molecule has 0 aliphatic heterocycles. The van der Waals surface area contributed by atoms with E-state index < -0.39 is 0 Å². The maximum Gasteiger partial charge on any atom is 0.164 e. The summed E-state index contributed by atoms with van der Waals surface area (Å²) in [6, 6.07) is 88.8. The number of hydrogen-bond donors (Lipinski definition) is 0. The molecule has 3 heterocycles. The summed E-state index contributed by atoms with van der Waals surface area (Å²) < 4.78 is 4.78. The first-order valence-corrected chi connectivity index (χ1v) is 23.8. The van der Waals surface area contributed by atoms with E-state index in [-0.39, 0.29) is 0 Å². The van der Waals surface area contributed by atoms with E-state index in [1.165, 1.54) is 43.1 Å². The summed E-state index contributed by atoms with van der Waals surface area (Å²) in [5.41, 5.74) is 13.8. The van der Waals surface area contributed by atoms with Gasteiger partial charge in [0.25, 0.3) is 0 Å². The van der Waals surface area contributed by atoms with Crippen molar-refractivity contribution in [2.75, 3.05) is 0 Å². The van der Waals surface area contributed by atoms with E-state index in [2.05, 4.69) is 240 Å². The highest BCUT2D eigenvalue weighted by molar-refractivity contribution is 6.23. The van der Waals surface area contributed by atoms with Crippen LogP contribution in [0.15, 0.2) is 249 Å². The van der Waals surface area contributed by atoms with Crippen LogP contribution in [0.5, 0.6) is 0 Å². The summed E-state index contributed by atoms with van der Waals surface area (Å²) in [7, 11) is 0. The molecule has 3 aromatic heterocycles. The fourth-order valence-electron chi connectivity index (χ4n) is 10.7. The van der Waals surface area contributed by atoms with Crippen LogP contribution in [0.4, 0.5) is 0 Å². The van der Waals surface area contributed by atoms with Crippen LogP contribution in [0.1, 0.15) is 0 Å². The molecule has 326 valence electrons. The van der Waals surface area contributed by atoms with Crippen LogP contribution < -0.4 is 0 Å². The number of fused-ring (bicyclic) bond motifs is 9. The number of rotatable bonds is 7. The van der Waals surface area contributed by atoms with E-state index in [1.807, 2.05) is 18.2 Å². The van der Waals surface area contributed by atoms with Gasteiger partial charge in [0.15, 0.2) is 17.5 Å². The Morgan fingerprint density at radius 1 is 0.243 bits per heavy atom. The first-order chi connectivity index (χ1) is 34.7. The van der Waals surface area contributed by atoms with Crippen LogP contribution in [-0.2, 0) is 0 Å². The van der Waals surface area contributed by atoms with E-state index in [4.69, 9.17) is 15.0 Å². The van der Waals surface area contributed by atoms with E-state index >= 15 is 0 Å². The second kappa shape index (κ2) is 16.1. The fraction of sp³-hybridized carbons (Fsp3) is 0. The van der Waals surface area contributed by atoms with E-state index in [1.54, 1.807) is 0 Å². The summed E-state index contributed by atoms with van der Waals surface area (Å²) >= 11 is 0. The van der Waals surface area contributed by atoms with Crippen molar-refractivity contribution in [2.45, 2.75) is 0 Å². The molecule has 11 aromatic carbocycles. The number of para-hydroxylation sites is 2. The Bertz CT molecular complexity index is 4340. The molecule has 0 fully saturated rings. The monoisotopic (exact) mass is 891 g/mol. The molecule has 70 heavy (non-hydrogen) atoms. The Labute approximate surface area is 403 Å². The highest BCUT2D eigenvalue weighted by Gasteiger charge is 2.22. The predicted octanol–water partition coefficient (Wildman–Crippen LogP) is 16.7. The highest BCUT2D eigenvalue weighted by Crippen LogP contribution is 2.43. The molecule has 0 radical (unpaired) electrons. The minimum atomic E-state index is 0.594. The number of benzene rings is 11. The van der Waals surface area contributed by atoms with Gasteiger partial charge in [-0.25, -0.2) is 15.0 Å². The number of nitrogens with zero attached hydrogens (tertiary/aromatic N) is 5. The minimum absolute atomic E-state index is 0.594. The minimum Gasteiger partial charge on any atom is -0.309 e. The maximum atomic E-state index is 5.47. The molecule has 14 rings (SSSR count). The summed E-state index contributed by atoms with van der Waals surface area (Å²) in [5, 5.41) is 9.70. The fourth-order valence-corrected chi connectivity index (χ4v) is 10.7. The average molecular weight is 892 g/mol. The zero-order chi connectivity index (χ0) is 46.1. The molecule has 0 aliphatic rings. The van der Waals surface area contributed by atoms with Crippen LogP contribution in [0.2, 0.25) is 0 Å². The lowest BCUT2D eigenvalue weighted by Crippen LogP contribution is -2.03. The van der Waals surface area contributed by atoms with Crippen molar-refractivity contribution in [1.82, 2.24) is 24.1 Å². The zero-order valence-electron chi connectivity index (χ0n) is 37.9. The quantitative estimate of drug-likeness (QED) is 0.160. The van der Waals surface area contributed by atoms with E-state index in [0.717, 1.165) is 72.4 Å². The molecule has 0 bridgehead atoms. The topological polar surface area (TPSA) is 48.5 Å². The third kappa shape index (κ3) is 6.44. The molecule has 0 aliphatic carbocycles. The Morgan fingerprint density at radius 2 is 0.814 bits per heavy atom. The lowest BCUT2D eigenvalue weighted by Gasteiger charge is -2.18. The third-order valence-corrected chi connectivity index (χ3v) is 13.9. The van der Waals surface area contributed by atoms with Gasteiger partial charge in [0, 0.05) is 49.6 Å². The standard InChI is InChI=1S/C65H41N5/c1-4-18-42(19-5-1)50-27-14-15-29-52(50)56-41-49(70-59-37-33-43-20-12-13-28-51(43)62(59)57-38-45-23-10-11-24-46(45)39-61(57)70)34-36-55(56)65-67-63(44-21-6-2-7-22-44)66-64(68-65)47-32-35-54-53-30-16-17-31-58(53)69(60(54)40-47)48-25-8-3-9-26-48/h1-41H. The van der Waals surface area contributed by atoms with Crippen molar-refractivity contribution < 1.29 is 0 Å². The summed E-state index contributed by atoms with van der Waals surface area (Å²) in [4.78, 5) is 16.1. The zero-order valence-corrected chi connectivity index (χ0v) is 37.9. The van der Waals surface area contributed by atoms with Gasteiger partial charge in [-0.2, -0.15) is 0 Å². The van der Waals surface area contributed by atoms with Gasteiger partial charge in [0.05, 0.1) is 22.1 Å². The van der Waals surface area contributed by atoms with Crippen molar-refractivity contribution in [1.29, 1.82) is 0 Å². The van der Waals surface area contributed by atoms with Crippen molar-refractivity contribution in [2.24, 2.45) is 0 Å².